The third-order valence-corrected chi connectivity index (χ3v) is 19.8. The summed E-state index contributed by atoms with van der Waals surface area (Å²) in [5.41, 5.74) is 0.190. The molecule has 8 rings (SSSR count). The van der Waals surface area contributed by atoms with Gasteiger partial charge in [0.15, 0.2) is 18.9 Å². The summed E-state index contributed by atoms with van der Waals surface area (Å²) in [6, 6.07) is 0. The van der Waals surface area contributed by atoms with Crippen molar-refractivity contribution in [2.45, 2.75) is 211 Å². The molecule has 7 fully saturated rings. The second-order valence-electron chi connectivity index (χ2n) is 23.1. The first-order valence-corrected chi connectivity index (χ1v) is 24.4. The Hall–Kier alpha value is -0.940. The highest BCUT2D eigenvalue weighted by Gasteiger charge is 2.70. The second-order valence-corrected chi connectivity index (χ2v) is 23.1. The van der Waals surface area contributed by atoms with Gasteiger partial charge in [0.1, 0.15) is 67.1 Å². The van der Waals surface area contributed by atoms with E-state index in [4.69, 9.17) is 28.4 Å². The summed E-state index contributed by atoms with van der Waals surface area (Å²) in [7, 11) is 0. The summed E-state index contributed by atoms with van der Waals surface area (Å²) >= 11 is 0. The standard InChI is InChI=1S/C48H80O17/c1-21-22(2)31-24-9-10-29-45(6)13-12-30(64-43-40(37(57)34(54)27(19-50)63-43)65-41-38(58)35(55)32(52)23(3)60-41)44(4,5)28(45)11-14-47(29,8)46(24,7)15-16-48(31,20-51)17-25(21)61-42-39(59)36(56)33(53)26(18-49)62-42/h9,21-23,25-43,49-59H,10-20H2,1-8H3. The van der Waals surface area contributed by atoms with E-state index in [0.717, 1.165) is 38.5 Å². The molecule has 0 bridgehead atoms. The quantitative estimate of drug-likeness (QED) is 0.111. The Morgan fingerprint density at radius 3 is 1.83 bits per heavy atom. The van der Waals surface area contributed by atoms with Gasteiger partial charge in [-0.1, -0.05) is 60.1 Å². The zero-order valence-corrected chi connectivity index (χ0v) is 39.4. The Morgan fingerprint density at radius 1 is 0.600 bits per heavy atom. The summed E-state index contributed by atoms with van der Waals surface area (Å²) in [5, 5.41) is 117. The fraction of sp³-hybridized carbons (Fsp3) is 0.958. The molecule has 0 amide bonds. The third kappa shape index (κ3) is 7.76. The molecule has 3 aliphatic heterocycles. The molecule has 3 saturated heterocycles. The number of aliphatic hydroxyl groups excluding tert-OH is 11. The lowest BCUT2D eigenvalue weighted by molar-refractivity contribution is -0.376. The lowest BCUT2D eigenvalue weighted by Crippen LogP contribution is -2.67. The molecule has 3 heterocycles. The van der Waals surface area contributed by atoms with Gasteiger partial charge in [-0.05, 0) is 110 Å². The number of rotatable bonds is 9. The van der Waals surface area contributed by atoms with Crippen molar-refractivity contribution in [3.05, 3.63) is 11.6 Å². The largest absolute Gasteiger partial charge is 0.396 e. The zero-order valence-electron chi connectivity index (χ0n) is 39.4. The normalized spacial score (nSPS) is 56.7. The fourth-order valence-electron chi connectivity index (χ4n) is 15.5. The maximum atomic E-state index is 11.4. The van der Waals surface area contributed by atoms with Gasteiger partial charge in [-0.2, -0.15) is 0 Å². The van der Waals surface area contributed by atoms with E-state index in [1.54, 1.807) is 0 Å². The minimum absolute atomic E-state index is 0.0105. The molecule has 4 saturated carbocycles. The van der Waals surface area contributed by atoms with Crippen molar-refractivity contribution in [3.8, 4) is 0 Å². The summed E-state index contributed by atoms with van der Waals surface area (Å²) in [4.78, 5) is 0. The SMILES string of the molecule is CC1OC(OC2C(OC3CCC4(C)C(CCC5(C)C4CC=C4C6C(C)C(C)C(OC7OC(CO)C(O)C(O)C7O)CC6(CO)CCC45C)C3(C)C)OC(CO)C(O)C2O)C(O)C(O)C1O. The molecule has 8 aliphatic rings. The summed E-state index contributed by atoms with van der Waals surface area (Å²) in [6.07, 6.45) is -12.7. The molecule has 0 aromatic rings. The van der Waals surface area contributed by atoms with Crippen molar-refractivity contribution in [2.24, 2.45) is 56.7 Å². The Morgan fingerprint density at radius 2 is 1.20 bits per heavy atom. The van der Waals surface area contributed by atoms with Crippen LogP contribution in [0.1, 0.15) is 107 Å². The van der Waals surface area contributed by atoms with Crippen LogP contribution in [0, 0.1) is 56.7 Å². The van der Waals surface area contributed by atoms with E-state index in [-0.39, 0.29) is 52.6 Å². The molecule has 0 spiro atoms. The van der Waals surface area contributed by atoms with Crippen LogP contribution in [0.5, 0.6) is 0 Å². The summed E-state index contributed by atoms with van der Waals surface area (Å²) < 4.78 is 37.0. The number of aliphatic hydroxyl groups is 11. The van der Waals surface area contributed by atoms with Gasteiger partial charge in [-0.3, -0.25) is 0 Å². The van der Waals surface area contributed by atoms with Crippen molar-refractivity contribution in [2.75, 3.05) is 19.8 Å². The van der Waals surface area contributed by atoms with Crippen molar-refractivity contribution in [1.82, 2.24) is 0 Å². The van der Waals surface area contributed by atoms with Crippen LogP contribution in [0.2, 0.25) is 0 Å². The lowest BCUT2D eigenvalue weighted by atomic mass is 9.33. The van der Waals surface area contributed by atoms with E-state index in [2.05, 4.69) is 54.5 Å². The molecule has 26 unspecified atom stereocenters. The van der Waals surface area contributed by atoms with Gasteiger partial charge in [0.25, 0.3) is 0 Å². The average Bonchev–Trinajstić information content (AvgIpc) is 3.27. The van der Waals surface area contributed by atoms with Crippen molar-refractivity contribution < 1.29 is 84.6 Å². The Balaban J connectivity index is 1.02. The van der Waals surface area contributed by atoms with Crippen LogP contribution >= 0.6 is 0 Å². The lowest BCUT2D eigenvalue weighted by Gasteiger charge is -2.72. The predicted molar refractivity (Wildman–Crippen MR) is 230 cm³/mol. The van der Waals surface area contributed by atoms with Crippen LogP contribution in [-0.4, -0.2) is 180 Å². The molecule has 0 aromatic carbocycles. The van der Waals surface area contributed by atoms with Crippen LogP contribution in [-0.2, 0) is 28.4 Å². The Labute approximate surface area is 383 Å². The number of fused-ring (bicyclic) bond motifs is 7. The zero-order chi connectivity index (χ0) is 47.5. The van der Waals surface area contributed by atoms with E-state index >= 15 is 0 Å². The van der Waals surface area contributed by atoms with E-state index in [1.807, 2.05) is 0 Å². The first-order chi connectivity index (χ1) is 30.5. The third-order valence-electron chi connectivity index (χ3n) is 19.8. The van der Waals surface area contributed by atoms with Crippen LogP contribution in [0.3, 0.4) is 0 Å². The highest BCUT2D eigenvalue weighted by atomic mass is 16.8. The van der Waals surface area contributed by atoms with Crippen molar-refractivity contribution in [3.63, 3.8) is 0 Å². The van der Waals surface area contributed by atoms with Gasteiger partial charge in [0.2, 0.25) is 0 Å². The molecule has 65 heavy (non-hydrogen) atoms. The van der Waals surface area contributed by atoms with Crippen LogP contribution in [0.4, 0.5) is 0 Å². The molecule has 17 nitrogen and oxygen atoms in total. The summed E-state index contributed by atoms with van der Waals surface area (Å²) in [6.45, 7) is 16.6. The van der Waals surface area contributed by atoms with E-state index in [1.165, 1.54) is 12.5 Å². The predicted octanol–water partition coefficient (Wildman–Crippen LogP) is 0.468. The van der Waals surface area contributed by atoms with Gasteiger partial charge in [-0.25, -0.2) is 0 Å². The van der Waals surface area contributed by atoms with Crippen LogP contribution < -0.4 is 0 Å². The number of ether oxygens (including phenoxy) is 6. The first-order valence-electron chi connectivity index (χ1n) is 24.4. The molecule has 11 N–H and O–H groups in total. The van der Waals surface area contributed by atoms with E-state index in [9.17, 15) is 56.2 Å². The van der Waals surface area contributed by atoms with Gasteiger partial charge in [0, 0.05) is 12.0 Å². The van der Waals surface area contributed by atoms with Crippen molar-refractivity contribution >= 4 is 0 Å². The molecule has 374 valence electrons. The monoisotopic (exact) mass is 929 g/mol. The van der Waals surface area contributed by atoms with Crippen LogP contribution in [0.25, 0.3) is 0 Å². The molecular weight excluding hydrogens is 849 g/mol. The van der Waals surface area contributed by atoms with Gasteiger partial charge < -0.3 is 84.6 Å². The highest BCUT2D eigenvalue weighted by molar-refractivity contribution is 5.34. The second kappa shape index (κ2) is 18.0. The molecule has 5 aliphatic carbocycles. The number of allylic oxidation sites excluding steroid dienone is 2. The molecule has 26 atom stereocenters. The molecule has 17 heteroatoms. The number of hydrogen-bond donors (Lipinski definition) is 11. The first kappa shape index (κ1) is 50.4. The number of hydrogen-bond acceptors (Lipinski definition) is 17. The average molecular weight is 929 g/mol. The molecular formula is C48H80O17. The molecule has 0 aromatic heterocycles. The van der Waals surface area contributed by atoms with Crippen molar-refractivity contribution in [1.29, 1.82) is 0 Å². The minimum Gasteiger partial charge on any atom is -0.396 e. The highest BCUT2D eigenvalue weighted by Crippen LogP contribution is 2.76. The Kier molecular flexibility index (Phi) is 14.0. The maximum Gasteiger partial charge on any atom is 0.187 e. The minimum atomic E-state index is -1.66. The smallest absolute Gasteiger partial charge is 0.187 e. The maximum absolute atomic E-state index is 11.4. The van der Waals surface area contributed by atoms with Gasteiger partial charge in [-0.15, -0.1) is 0 Å². The van der Waals surface area contributed by atoms with E-state index in [0.29, 0.717) is 18.8 Å². The fourth-order valence-corrected chi connectivity index (χ4v) is 15.5. The van der Waals surface area contributed by atoms with E-state index < -0.39 is 122 Å². The molecule has 0 radical (unpaired) electrons. The van der Waals surface area contributed by atoms with Gasteiger partial charge in [0.05, 0.1) is 31.5 Å². The summed E-state index contributed by atoms with van der Waals surface area (Å²) in [5.74, 6) is 0.701. The topological polar surface area (TPSA) is 278 Å². The van der Waals surface area contributed by atoms with Crippen LogP contribution in [0.15, 0.2) is 11.6 Å². The van der Waals surface area contributed by atoms with Gasteiger partial charge >= 0.3 is 0 Å². The Bertz CT molecular complexity index is 1720.